The Morgan fingerprint density at radius 3 is 2.67 bits per heavy atom. The van der Waals surface area contributed by atoms with E-state index < -0.39 is 11.9 Å². The number of aliphatic carboxylic acids is 1. The zero-order chi connectivity index (χ0) is 13.1. The van der Waals surface area contributed by atoms with Crippen LogP contribution in [0.4, 0.5) is 0 Å². The largest absolute Gasteiger partial charge is 0.481 e. The predicted octanol–water partition coefficient (Wildman–Crippen LogP) is 1.37. The Morgan fingerprint density at radius 1 is 1.39 bits per heavy atom. The highest BCUT2D eigenvalue weighted by Gasteiger charge is 2.16. The minimum Gasteiger partial charge on any atom is -0.481 e. The summed E-state index contributed by atoms with van der Waals surface area (Å²) in [5.41, 5.74) is 2.03. The van der Waals surface area contributed by atoms with Crippen LogP contribution in [0.15, 0.2) is 24.3 Å². The molecule has 1 N–H and O–H groups in total. The minimum atomic E-state index is -0.861. The smallest absolute Gasteiger partial charge is 0.308 e. The van der Waals surface area contributed by atoms with Gasteiger partial charge in [-0.05, 0) is 17.4 Å². The number of carboxylic acid groups (broad SMARTS) is 1. The molecule has 6 nitrogen and oxygen atoms in total. The topological polar surface area (TPSA) is 80.9 Å². The Hall–Kier alpha value is -2.24. The molecule has 6 heteroatoms. The first-order chi connectivity index (χ1) is 8.58. The molecule has 0 amide bonds. The van der Waals surface area contributed by atoms with E-state index in [9.17, 15) is 4.79 Å². The van der Waals surface area contributed by atoms with Crippen LogP contribution in [0.5, 0.6) is 0 Å². The van der Waals surface area contributed by atoms with E-state index in [0.29, 0.717) is 5.82 Å². The summed E-state index contributed by atoms with van der Waals surface area (Å²) in [6, 6.07) is 7.77. The molecule has 1 unspecified atom stereocenters. The first-order valence-electron chi connectivity index (χ1n) is 5.64. The highest BCUT2D eigenvalue weighted by atomic mass is 16.4. The van der Waals surface area contributed by atoms with E-state index in [0.717, 1.165) is 11.1 Å². The van der Waals surface area contributed by atoms with Crippen molar-refractivity contribution in [2.75, 3.05) is 0 Å². The quantitative estimate of drug-likeness (QED) is 0.881. The van der Waals surface area contributed by atoms with Crippen LogP contribution in [0.2, 0.25) is 0 Å². The summed E-state index contributed by atoms with van der Waals surface area (Å²) in [5, 5.41) is 20.3. The summed E-state index contributed by atoms with van der Waals surface area (Å²) in [5.74, 6) is -0.804. The average molecular weight is 246 g/mol. The van der Waals surface area contributed by atoms with E-state index in [1.54, 1.807) is 6.92 Å². The Kier molecular flexibility index (Phi) is 3.36. The van der Waals surface area contributed by atoms with E-state index >= 15 is 0 Å². The normalized spacial score (nSPS) is 12.3. The van der Waals surface area contributed by atoms with Gasteiger partial charge in [-0.25, -0.2) is 4.68 Å². The second-order valence-electron chi connectivity index (χ2n) is 4.29. The molecule has 1 atom stereocenters. The predicted molar refractivity (Wildman–Crippen MR) is 64.8 cm³/mol. The molecule has 0 saturated carbocycles. The fourth-order valence-electron chi connectivity index (χ4n) is 1.57. The Bertz CT molecular complexity index is 547. The van der Waals surface area contributed by atoms with Crippen LogP contribution in [-0.2, 0) is 11.3 Å². The van der Waals surface area contributed by atoms with Gasteiger partial charge in [0.1, 0.15) is 0 Å². The monoisotopic (exact) mass is 246 g/mol. The highest BCUT2D eigenvalue weighted by Crippen LogP contribution is 2.17. The van der Waals surface area contributed by atoms with Crippen LogP contribution >= 0.6 is 0 Å². The maximum absolute atomic E-state index is 10.8. The lowest BCUT2D eigenvalue weighted by atomic mass is 10.1. The summed E-state index contributed by atoms with van der Waals surface area (Å²) < 4.78 is 1.52. The SMILES string of the molecule is Cc1ccc(-c2nnnn2CC(C)C(=O)O)cc1. The van der Waals surface area contributed by atoms with E-state index in [1.165, 1.54) is 4.68 Å². The van der Waals surface area contributed by atoms with Gasteiger partial charge in [0.15, 0.2) is 5.82 Å². The van der Waals surface area contributed by atoms with Crippen LogP contribution in [0.1, 0.15) is 12.5 Å². The molecule has 1 heterocycles. The highest BCUT2D eigenvalue weighted by molar-refractivity contribution is 5.69. The number of benzene rings is 1. The summed E-state index contributed by atoms with van der Waals surface area (Å²) in [6.07, 6.45) is 0. The van der Waals surface area contributed by atoms with Crippen molar-refractivity contribution < 1.29 is 9.90 Å². The zero-order valence-corrected chi connectivity index (χ0v) is 10.2. The molecule has 1 aromatic carbocycles. The molecule has 0 aliphatic heterocycles. The number of carboxylic acids is 1. The van der Waals surface area contributed by atoms with Crippen molar-refractivity contribution in [3.8, 4) is 11.4 Å². The Labute approximate surface area is 104 Å². The van der Waals surface area contributed by atoms with Crippen LogP contribution < -0.4 is 0 Å². The number of rotatable bonds is 4. The van der Waals surface area contributed by atoms with Crippen LogP contribution in [0, 0.1) is 12.8 Å². The maximum Gasteiger partial charge on any atom is 0.308 e. The molecule has 0 fully saturated rings. The lowest BCUT2D eigenvalue weighted by molar-refractivity contribution is -0.141. The van der Waals surface area contributed by atoms with Gasteiger partial charge < -0.3 is 5.11 Å². The molecule has 18 heavy (non-hydrogen) atoms. The van der Waals surface area contributed by atoms with E-state index in [1.807, 2.05) is 31.2 Å². The number of hydrogen-bond acceptors (Lipinski definition) is 4. The third-order valence-corrected chi connectivity index (χ3v) is 2.71. The molecule has 1 aromatic heterocycles. The van der Waals surface area contributed by atoms with Gasteiger partial charge in [0, 0.05) is 5.56 Å². The minimum absolute atomic E-state index is 0.255. The molecule has 0 spiro atoms. The number of hydrogen-bond donors (Lipinski definition) is 1. The molecule has 2 aromatic rings. The maximum atomic E-state index is 10.8. The molecule has 0 aliphatic carbocycles. The summed E-state index contributed by atoms with van der Waals surface area (Å²) in [7, 11) is 0. The van der Waals surface area contributed by atoms with Crippen LogP contribution in [0.3, 0.4) is 0 Å². The van der Waals surface area contributed by atoms with Crippen molar-refractivity contribution in [1.82, 2.24) is 20.2 Å². The molecular weight excluding hydrogens is 232 g/mol. The summed E-state index contributed by atoms with van der Waals surface area (Å²) in [4.78, 5) is 10.8. The molecule has 0 radical (unpaired) electrons. The van der Waals surface area contributed by atoms with Crippen molar-refractivity contribution in [2.45, 2.75) is 20.4 Å². The van der Waals surface area contributed by atoms with Crippen molar-refractivity contribution in [3.63, 3.8) is 0 Å². The van der Waals surface area contributed by atoms with Crippen LogP contribution in [-0.4, -0.2) is 31.3 Å². The molecule has 0 aliphatic rings. The van der Waals surface area contributed by atoms with Crippen molar-refractivity contribution in [1.29, 1.82) is 0 Å². The van der Waals surface area contributed by atoms with E-state index in [-0.39, 0.29) is 6.54 Å². The van der Waals surface area contributed by atoms with Gasteiger partial charge in [0.2, 0.25) is 0 Å². The lowest BCUT2D eigenvalue weighted by Gasteiger charge is -2.08. The van der Waals surface area contributed by atoms with Crippen molar-refractivity contribution in [2.24, 2.45) is 5.92 Å². The van der Waals surface area contributed by atoms with E-state index in [2.05, 4.69) is 15.5 Å². The van der Waals surface area contributed by atoms with Crippen LogP contribution in [0.25, 0.3) is 11.4 Å². The second kappa shape index (κ2) is 4.95. The molecule has 0 bridgehead atoms. The number of aryl methyl sites for hydroxylation is 1. The van der Waals surface area contributed by atoms with Gasteiger partial charge in [0.05, 0.1) is 12.5 Å². The average Bonchev–Trinajstić information content (AvgIpc) is 2.78. The first-order valence-corrected chi connectivity index (χ1v) is 5.64. The van der Waals surface area contributed by atoms with E-state index in [4.69, 9.17) is 5.11 Å². The molecule has 2 rings (SSSR count). The number of carbonyl (C=O) groups is 1. The van der Waals surface area contributed by atoms with Gasteiger partial charge in [-0.1, -0.05) is 36.8 Å². The first kappa shape index (κ1) is 12.2. The van der Waals surface area contributed by atoms with Gasteiger partial charge in [-0.2, -0.15) is 0 Å². The molecular formula is C12H14N4O2. The fourth-order valence-corrected chi connectivity index (χ4v) is 1.57. The fraction of sp³-hybridized carbons (Fsp3) is 0.333. The Balaban J connectivity index is 2.27. The zero-order valence-electron chi connectivity index (χ0n) is 10.2. The molecule has 0 saturated heterocycles. The number of aromatic nitrogens is 4. The van der Waals surface area contributed by atoms with Gasteiger partial charge >= 0.3 is 5.97 Å². The van der Waals surface area contributed by atoms with Gasteiger partial charge in [-0.3, -0.25) is 4.79 Å². The summed E-state index contributed by atoms with van der Waals surface area (Å²) in [6.45, 7) is 3.88. The number of nitrogens with zero attached hydrogens (tertiary/aromatic N) is 4. The lowest BCUT2D eigenvalue weighted by Crippen LogP contribution is -2.18. The van der Waals surface area contributed by atoms with Crippen molar-refractivity contribution in [3.05, 3.63) is 29.8 Å². The van der Waals surface area contributed by atoms with Gasteiger partial charge in [-0.15, -0.1) is 5.10 Å². The Morgan fingerprint density at radius 2 is 2.06 bits per heavy atom. The number of tetrazole rings is 1. The third kappa shape index (κ3) is 2.53. The second-order valence-corrected chi connectivity index (χ2v) is 4.29. The third-order valence-electron chi connectivity index (χ3n) is 2.71. The standard InChI is InChI=1S/C12H14N4O2/c1-8-3-5-10(6-4-8)11-13-14-15-16(11)7-9(2)12(17)18/h3-6,9H,7H2,1-2H3,(H,17,18). The molecule has 94 valence electrons. The van der Waals surface area contributed by atoms with Crippen molar-refractivity contribution >= 4 is 5.97 Å². The summed E-state index contributed by atoms with van der Waals surface area (Å²) >= 11 is 0. The van der Waals surface area contributed by atoms with Gasteiger partial charge in [0.25, 0.3) is 0 Å².